The van der Waals surface area contributed by atoms with Crippen LogP contribution in [0.25, 0.3) is 28.0 Å². The molecule has 0 radical (unpaired) electrons. The van der Waals surface area contributed by atoms with E-state index in [1.54, 1.807) is 14.2 Å². The molecule has 0 saturated heterocycles. The summed E-state index contributed by atoms with van der Waals surface area (Å²) in [7, 11) is 3.36. The molecule has 1 saturated carbocycles. The molecule has 1 heterocycles. The molecular formula is C43H42O4S. The van der Waals surface area contributed by atoms with Crippen molar-refractivity contribution in [2.24, 2.45) is 10.8 Å². The first-order valence-corrected chi connectivity index (χ1v) is 17.2. The van der Waals surface area contributed by atoms with E-state index in [9.17, 15) is 5.11 Å². The van der Waals surface area contributed by atoms with Crippen molar-refractivity contribution in [3.05, 3.63) is 119 Å². The molecular weight excluding hydrogens is 613 g/mol. The minimum absolute atomic E-state index is 0.122. The number of rotatable bonds is 4. The average Bonchev–Trinajstić information content (AvgIpc) is 3.32. The zero-order chi connectivity index (χ0) is 33.6. The van der Waals surface area contributed by atoms with E-state index in [0.717, 1.165) is 64.0 Å². The number of benzene rings is 5. The number of hydrogen-bond acceptors (Lipinski definition) is 5. The van der Waals surface area contributed by atoms with Gasteiger partial charge in [0.2, 0.25) is 0 Å². The van der Waals surface area contributed by atoms with Crippen molar-refractivity contribution < 1.29 is 19.3 Å². The fourth-order valence-electron chi connectivity index (χ4n) is 9.83. The Kier molecular flexibility index (Phi) is 6.82. The van der Waals surface area contributed by atoms with E-state index in [4.69, 9.17) is 26.8 Å². The molecule has 0 atom stereocenters. The predicted octanol–water partition coefficient (Wildman–Crippen LogP) is 10.7. The van der Waals surface area contributed by atoms with E-state index >= 15 is 0 Å². The third-order valence-electron chi connectivity index (χ3n) is 10.9. The first kappa shape index (κ1) is 31.0. The lowest BCUT2D eigenvalue weighted by atomic mass is 9.52. The normalized spacial score (nSPS) is 18.9. The summed E-state index contributed by atoms with van der Waals surface area (Å²) in [6, 6.07) is 29.0. The molecule has 2 aliphatic carbocycles. The Labute approximate surface area is 288 Å². The van der Waals surface area contributed by atoms with Crippen molar-refractivity contribution >= 4 is 29.5 Å². The number of ether oxygens (including phenoxy) is 3. The Morgan fingerprint density at radius 3 is 1.90 bits per heavy atom. The number of phenolic OH excluding ortho intramolecular Hbond substituents is 1. The average molecular weight is 655 g/mol. The highest BCUT2D eigenvalue weighted by molar-refractivity contribution is 7.80. The SMILES string of the molecule is COc1ccc(C2(c3ccc(OC)cc3)C=Cc3c4c(c5cc(S)c(O)cc5c3O2)-c2ccccc2C42CC(C)(C)CC(C)(C)C2)cc1. The summed E-state index contributed by atoms with van der Waals surface area (Å²) in [5, 5.41) is 13.1. The lowest BCUT2D eigenvalue weighted by Crippen LogP contribution is -2.44. The number of thiol groups is 1. The molecule has 48 heavy (non-hydrogen) atoms. The number of methoxy groups -OCH3 is 2. The molecule has 4 nitrogen and oxygen atoms in total. The largest absolute Gasteiger partial charge is 0.507 e. The lowest BCUT2D eigenvalue weighted by molar-refractivity contribution is 0.0642. The molecule has 0 amide bonds. The van der Waals surface area contributed by atoms with E-state index in [-0.39, 0.29) is 22.0 Å². The van der Waals surface area contributed by atoms with E-state index < -0.39 is 5.60 Å². The van der Waals surface area contributed by atoms with Gasteiger partial charge in [-0.3, -0.25) is 0 Å². The van der Waals surface area contributed by atoms with Crippen LogP contribution < -0.4 is 14.2 Å². The van der Waals surface area contributed by atoms with Crippen molar-refractivity contribution in [2.75, 3.05) is 14.2 Å². The zero-order valence-corrected chi connectivity index (χ0v) is 29.4. The minimum atomic E-state index is -0.953. The topological polar surface area (TPSA) is 47.9 Å². The first-order valence-electron chi connectivity index (χ1n) is 16.7. The van der Waals surface area contributed by atoms with Crippen LogP contribution in [0.2, 0.25) is 0 Å². The Balaban J connectivity index is 1.47. The third-order valence-corrected chi connectivity index (χ3v) is 11.2. The molecule has 8 rings (SSSR count). The van der Waals surface area contributed by atoms with Crippen LogP contribution in [0.4, 0.5) is 0 Å². The molecule has 1 N–H and O–H groups in total. The molecule has 1 aliphatic heterocycles. The number of fused-ring (bicyclic) bond motifs is 10. The summed E-state index contributed by atoms with van der Waals surface area (Å²) in [5.74, 6) is 2.46. The molecule has 244 valence electrons. The van der Waals surface area contributed by atoms with Gasteiger partial charge in [0.15, 0.2) is 5.60 Å². The van der Waals surface area contributed by atoms with Gasteiger partial charge in [0.05, 0.1) is 14.2 Å². The highest BCUT2D eigenvalue weighted by Crippen LogP contribution is 2.67. The summed E-state index contributed by atoms with van der Waals surface area (Å²) in [6.45, 7) is 9.72. The minimum Gasteiger partial charge on any atom is -0.507 e. The highest BCUT2D eigenvalue weighted by atomic mass is 32.1. The van der Waals surface area contributed by atoms with Gasteiger partial charge >= 0.3 is 0 Å². The summed E-state index contributed by atoms with van der Waals surface area (Å²) < 4.78 is 18.6. The third kappa shape index (κ3) is 4.50. The maximum Gasteiger partial charge on any atom is 0.178 e. The van der Waals surface area contributed by atoms with E-state index in [2.05, 4.69) is 88.4 Å². The second-order valence-corrected chi connectivity index (χ2v) is 16.0. The molecule has 0 bridgehead atoms. The van der Waals surface area contributed by atoms with Crippen LogP contribution in [-0.4, -0.2) is 19.3 Å². The van der Waals surface area contributed by atoms with Crippen LogP contribution in [0.3, 0.4) is 0 Å². The Morgan fingerprint density at radius 2 is 1.31 bits per heavy atom. The fourth-order valence-corrected chi connectivity index (χ4v) is 10.0. The Morgan fingerprint density at radius 1 is 0.729 bits per heavy atom. The Hall–Kier alpha value is -4.35. The molecule has 5 aromatic carbocycles. The molecule has 1 fully saturated rings. The predicted molar refractivity (Wildman–Crippen MR) is 197 cm³/mol. The van der Waals surface area contributed by atoms with Crippen LogP contribution in [0.1, 0.15) is 74.8 Å². The van der Waals surface area contributed by atoms with E-state index in [0.29, 0.717) is 4.90 Å². The number of phenols is 1. The van der Waals surface area contributed by atoms with Gasteiger partial charge in [-0.25, -0.2) is 0 Å². The quantitative estimate of drug-likeness (QED) is 0.189. The van der Waals surface area contributed by atoms with Gasteiger partial charge < -0.3 is 19.3 Å². The van der Waals surface area contributed by atoms with Gasteiger partial charge in [0.25, 0.3) is 0 Å². The monoisotopic (exact) mass is 654 g/mol. The zero-order valence-electron chi connectivity index (χ0n) is 28.5. The maximum atomic E-state index is 11.1. The molecule has 0 unspecified atom stereocenters. The van der Waals surface area contributed by atoms with Gasteiger partial charge in [-0.15, -0.1) is 12.6 Å². The van der Waals surface area contributed by atoms with Gasteiger partial charge in [-0.05, 0) is 100 Å². The van der Waals surface area contributed by atoms with Crippen LogP contribution in [0.5, 0.6) is 23.0 Å². The standard InChI is InChI=1S/C43H42O4S/c1-40(2)23-41(3,4)25-42(24-40)34-10-8-7-9-30(34)37-32-22-36(48)35(44)21-33(32)39-31(38(37)42)19-20-43(47-39,26-11-15-28(45-5)16-12-26)27-13-17-29(46-6)18-14-27/h7-22,44,48H,23-25H2,1-6H3. The van der Waals surface area contributed by atoms with Crippen LogP contribution in [0.15, 0.2) is 95.9 Å². The van der Waals surface area contributed by atoms with Crippen LogP contribution in [0, 0.1) is 10.8 Å². The van der Waals surface area contributed by atoms with Gasteiger partial charge in [-0.2, -0.15) is 0 Å². The van der Waals surface area contributed by atoms with Crippen molar-refractivity contribution in [3.63, 3.8) is 0 Å². The molecule has 3 aliphatic rings. The highest BCUT2D eigenvalue weighted by Gasteiger charge is 2.55. The number of aromatic hydroxyl groups is 1. The van der Waals surface area contributed by atoms with Crippen molar-refractivity contribution in [3.8, 4) is 34.1 Å². The first-order chi connectivity index (χ1) is 22.9. The molecule has 5 heteroatoms. The summed E-state index contributed by atoms with van der Waals surface area (Å²) in [5.41, 5.74) is 7.33. The second-order valence-electron chi connectivity index (χ2n) is 15.5. The second kappa shape index (κ2) is 10.6. The number of hydrogen-bond donors (Lipinski definition) is 2. The molecule has 0 aromatic heterocycles. The van der Waals surface area contributed by atoms with E-state index in [1.807, 2.05) is 36.4 Å². The van der Waals surface area contributed by atoms with Crippen molar-refractivity contribution in [1.82, 2.24) is 0 Å². The van der Waals surface area contributed by atoms with Crippen LogP contribution in [-0.2, 0) is 11.0 Å². The summed E-state index contributed by atoms with van der Waals surface area (Å²) in [6.07, 6.45) is 7.74. The fraction of sp³-hybridized carbons (Fsp3) is 0.302. The Bertz CT molecular complexity index is 2060. The maximum absolute atomic E-state index is 11.1. The smallest absolute Gasteiger partial charge is 0.178 e. The van der Waals surface area contributed by atoms with Crippen molar-refractivity contribution in [1.29, 1.82) is 0 Å². The molecule has 1 spiro atoms. The van der Waals surface area contributed by atoms with Crippen LogP contribution >= 0.6 is 12.6 Å². The summed E-state index contributed by atoms with van der Waals surface area (Å²) in [4.78, 5) is 0.551. The molecule has 5 aromatic rings. The van der Waals surface area contributed by atoms with Gasteiger partial charge in [0.1, 0.15) is 23.0 Å². The van der Waals surface area contributed by atoms with E-state index in [1.165, 1.54) is 22.3 Å². The summed E-state index contributed by atoms with van der Waals surface area (Å²) >= 11 is 4.74. The lowest BCUT2D eigenvalue weighted by Gasteiger charge is -2.52. The van der Waals surface area contributed by atoms with Gasteiger partial charge in [0, 0.05) is 32.4 Å². The van der Waals surface area contributed by atoms with Gasteiger partial charge in [-0.1, -0.05) is 82.3 Å². The van der Waals surface area contributed by atoms with Crippen molar-refractivity contribution in [2.45, 2.75) is 62.9 Å².